The van der Waals surface area contributed by atoms with E-state index >= 15 is 0 Å². The van der Waals surface area contributed by atoms with Crippen LogP contribution in [0.4, 0.5) is 23.2 Å². The molecule has 0 aromatic heterocycles. The Kier molecular flexibility index (Phi) is 5.01. The van der Waals surface area contributed by atoms with Gasteiger partial charge in [-0.15, -0.1) is 0 Å². The van der Waals surface area contributed by atoms with Crippen molar-refractivity contribution >= 4 is 21.6 Å². The molecule has 1 aromatic rings. The van der Waals surface area contributed by atoms with Gasteiger partial charge in [0.2, 0.25) is 0 Å². The molecule has 0 spiro atoms. The number of hydrogen-bond donors (Lipinski definition) is 0. The SMILES string of the molecule is CC(C)N(CC(F)(F)F)c1cccc(F)c1CBr. The van der Waals surface area contributed by atoms with Gasteiger partial charge in [-0.25, -0.2) is 4.39 Å². The highest BCUT2D eigenvalue weighted by Crippen LogP contribution is 2.30. The predicted octanol–water partition coefficient (Wildman–Crippen LogP) is 4.50. The monoisotopic (exact) mass is 327 g/mol. The molecule has 0 aliphatic carbocycles. The first-order valence-corrected chi connectivity index (χ1v) is 6.55. The quantitative estimate of drug-likeness (QED) is 0.581. The second kappa shape index (κ2) is 5.91. The van der Waals surface area contributed by atoms with Crippen LogP contribution in [0.5, 0.6) is 0 Å². The molecule has 0 aliphatic rings. The van der Waals surface area contributed by atoms with E-state index in [4.69, 9.17) is 0 Å². The average molecular weight is 328 g/mol. The molecule has 18 heavy (non-hydrogen) atoms. The number of rotatable bonds is 4. The highest BCUT2D eigenvalue weighted by Gasteiger charge is 2.33. The number of nitrogens with zero attached hydrogens (tertiary/aromatic N) is 1. The van der Waals surface area contributed by atoms with Crippen molar-refractivity contribution in [2.75, 3.05) is 11.4 Å². The van der Waals surface area contributed by atoms with Crippen LogP contribution < -0.4 is 4.90 Å². The molecular formula is C12H14BrF4N. The summed E-state index contributed by atoms with van der Waals surface area (Å²) >= 11 is 3.11. The zero-order chi connectivity index (χ0) is 13.9. The highest BCUT2D eigenvalue weighted by molar-refractivity contribution is 9.08. The Morgan fingerprint density at radius 3 is 2.33 bits per heavy atom. The van der Waals surface area contributed by atoms with Crippen LogP contribution in [-0.2, 0) is 5.33 Å². The van der Waals surface area contributed by atoms with Gasteiger partial charge in [0, 0.05) is 22.6 Å². The third-order valence-electron chi connectivity index (χ3n) is 2.51. The Hall–Kier alpha value is -0.780. The molecule has 1 nitrogen and oxygen atoms in total. The summed E-state index contributed by atoms with van der Waals surface area (Å²) in [4.78, 5) is 1.15. The fourth-order valence-electron chi connectivity index (χ4n) is 1.69. The largest absolute Gasteiger partial charge is 0.405 e. The minimum Gasteiger partial charge on any atom is -0.360 e. The standard InChI is InChI=1S/C12H14BrF4N/c1-8(2)18(7-12(15,16)17)11-5-3-4-10(14)9(11)6-13/h3-5,8H,6-7H2,1-2H3. The van der Waals surface area contributed by atoms with Gasteiger partial charge in [0.15, 0.2) is 0 Å². The maximum Gasteiger partial charge on any atom is 0.405 e. The Labute approximate surface area is 112 Å². The number of benzene rings is 1. The van der Waals surface area contributed by atoms with Crippen molar-refractivity contribution in [2.45, 2.75) is 31.4 Å². The summed E-state index contributed by atoms with van der Waals surface area (Å²) in [6, 6.07) is 3.80. The van der Waals surface area contributed by atoms with Crippen LogP contribution in [0, 0.1) is 5.82 Å². The zero-order valence-electron chi connectivity index (χ0n) is 10.1. The lowest BCUT2D eigenvalue weighted by molar-refractivity contribution is -0.120. The van der Waals surface area contributed by atoms with Crippen LogP contribution >= 0.6 is 15.9 Å². The normalized spacial score (nSPS) is 12.0. The van der Waals surface area contributed by atoms with Crippen LogP contribution in [0.25, 0.3) is 0 Å². The van der Waals surface area contributed by atoms with E-state index in [2.05, 4.69) is 15.9 Å². The predicted molar refractivity (Wildman–Crippen MR) is 67.6 cm³/mol. The Morgan fingerprint density at radius 1 is 1.28 bits per heavy atom. The third-order valence-corrected chi connectivity index (χ3v) is 3.07. The summed E-state index contributed by atoms with van der Waals surface area (Å²) in [7, 11) is 0. The molecule has 0 saturated heterocycles. The number of hydrogen-bond acceptors (Lipinski definition) is 1. The van der Waals surface area contributed by atoms with Crippen molar-refractivity contribution in [1.29, 1.82) is 0 Å². The minimum absolute atomic E-state index is 0.177. The second-order valence-electron chi connectivity index (χ2n) is 4.21. The van der Waals surface area contributed by atoms with Gasteiger partial charge in [0.25, 0.3) is 0 Å². The molecule has 0 bridgehead atoms. The molecule has 1 aromatic carbocycles. The van der Waals surface area contributed by atoms with Crippen LogP contribution in [0.2, 0.25) is 0 Å². The molecule has 0 unspecified atom stereocenters. The molecule has 1 rings (SSSR count). The lowest BCUT2D eigenvalue weighted by Gasteiger charge is -2.31. The van der Waals surface area contributed by atoms with Gasteiger partial charge in [-0.2, -0.15) is 13.2 Å². The van der Waals surface area contributed by atoms with Crippen LogP contribution in [-0.4, -0.2) is 18.8 Å². The fourth-order valence-corrected chi connectivity index (χ4v) is 2.24. The first kappa shape index (κ1) is 15.3. The first-order chi connectivity index (χ1) is 8.26. The molecule has 0 atom stereocenters. The van der Waals surface area contributed by atoms with Gasteiger partial charge in [0.1, 0.15) is 12.4 Å². The Bertz CT molecular complexity index is 404. The molecule has 6 heteroatoms. The first-order valence-electron chi connectivity index (χ1n) is 5.43. The van der Waals surface area contributed by atoms with Crippen LogP contribution in [0.3, 0.4) is 0 Å². The van der Waals surface area contributed by atoms with E-state index in [1.165, 1.54) is 18.2 Å². The Morgan fingerprint density at radius 2 is 1.89 bits per heavy atom. The number of halogens is 5. The maximum absolute atomic E-state index is 13.6. The molecule has 0 aliphatic heterocycles. The molecule has 0 saturated carbocycles. The van der Waals surface area contributed by atoms with Gasteiger partial charge in [0.05, 0.1) is 0 Å². The van der Waals surface area contributed by atoms with E-state index in [9.17, 15) is 17.6 Å². The van der Waals surface area contributed by atoms with E-state index in [0.29, 0.717) is 0 Å². The van der Waals surface area contributed by atoms with Gasteiger partial charge in [-0.05, 0) is 26.0 Å². The van der Waals surface area contributed by atoms with Crippen molar-refractivity contribution in [1.82, 2.24) is 0 Å². The summed E-state index contributed by atoms with van der Waals surface area (Å²) in [6.07, 6.45) is -4.32. The fraction of sp³-hybridized carbons (Fsp3) is 0.500. The Balaban J connectivity index is 3.18. The van der Waals surface area contributed by atoms with Crippen molar-refractivity contribution in [3.8, 4) is 0 Å². The molecule has 0 amide bonds. The zero-order valence-corrected chi connectivity index (χ0v) is 11.6. The topological polar surface area (TPSA) is 3.24 Å². The maximum atomic E-state index is 13.6. The van der Waals surface area contributed by atoms with E-state index in [-0.39, 0.29) is 22.6 Å². The summed E-state index contributed by atoms with van der Waals surface area (Å²) in [5.74, 6) is -0.503. The van der Waals surface area contributed by atoms with E-state index in [0.717, 1.165) is 4.90 Å². The number of alkyl halides is 4. The lowest BCUT2D eigenvalue weighted by atomic mass is 10.1. The molecule has 102 valence electrons. The molecule has 0 radical (unpaired) electrons. The van der Waals surface area contributed by atoms with Crippen molar-refractivity contribution in [3.05, 3.63) is 29.6 Å². The summed E-state index contributed by atoms with van der Waals surface area (Å²) < 4.78 is 51.2. The summed E-state index contributed by atoms with van der Waals surface area (Å²) in [5, 5.41) is 0.177. The van der Waals surface area contributed by atoms with Gasteiger partial charge >= 0.3 is 6.18 Å². The number of anilines is 1. The van der Waals surface area contributed by atoms with Gasteiger partial charge in [-0.3, -0.25) is 0 Å². The molecule has 0 heterocycles. The third kappa shape index (κ3) is 3.86. The lowest BCUT2D eigenvalue weighted by Crippen LogP contribution is -2.39. The molecule has 0 fully saturated rings. The average Bonchev–Trinajstić information content (AvgIpc) is 2.24. The summed E-state index contributed by atoms with van der Waals surface area (Å²) in [5.41, 5.74) is 0.523. The smallest absolute Gasteiger partial charge is 0.360 e. The second-order valence-corrected chi connectivity index (χ2v) is 4.77. The summed E-state index contributed by atoms with van der Waals surface area (Å²) in [6.45, 7) is 2.21. The molecule has 0 N–H and O–H groups in total. The highest BCUT2D eigenvalue weighted by atomic mass is 79.9. The van der Waals surface area contributed by atoms with E-state index in [1.807, 2.05) is 0 Å². The van der Waals surface area contributed by atoms with E-state index in [1.54, 1.807) is 13.8 Å². The van der Waals surface area contributed by atoms with Crippen LogP contribution in [0.15, 0.2) is 18.2 Å². The minimum atomic E-state index is -4.32. The van der Waals surface area contributed by atoms with Gasteiger partial charge in [-0.1, -0.05) is 22.0 Å². The van der Waals surface area contributed by atoms with Crippen molar-refractivity contribution < 1.29 is 17.6 Å². The van der Waals surface area contributed by atoms with Crippen molar-refractivity contribution in [2.24, 2.45) is 0 Å². The molecular weight excluding hydrogens is 314 g/mol. The van der Waals surface area contributed by atoms with Crippen molar-refractivity contribution in [3.63, 3.8) is 0 Å². The van der Waals surface area contributed by atoms with Gasteiger partial charge < -0.3 is 4.90 Å². The van der Waals surface area contributed by atoms with Crippen LogP contribution in [0.1, 0.15) is 19.4 Å². The van der Waals surface area contributed by atoms with E-state index < -0.39 is 18.5 Å².